The molecule has 2 aliphatic carbocycles. The number of fused-ring (bicyclic) bond motifs is 3. The van der Waals surface area contributed by atoms with E-state index in [-0.39, 0.29) is 0 Å². The summed E-state index contributed by atoms with van der Waals surface area (Å²) < 4.78 is 4.08. The molecule has 3 aliphatic rings. The Morgan fingerprint density at radius 1 is 0.645 bits per heavy atom. The highest BCUT2D eigenvalue weighted by atomic mass is 32.2. The van der Waals surface area contributed by atoms with Gasteiger partial charge in [0.15, 0.2) is 6.04 Å². The van der Waals surface area contributed by atoms with E-state index in [4.69, 9.17) is 0 Å². The molecule has 62 heavy (non-hydrogen) atoms. The van der Waals surface area contributed by atoms with Crippen LogP contribution in [0.5, 0.6) is 0 Å². The lowest BCUT2D eigenvalue weighted by molar-refractivity contribution is -0.693. The number of anilines is 1. The van der Waals surface area contributed by atoms with Crippen LogP contribution < -0.4 is 9.47 Å². The second-order valence-corrected chi connectivity index (χ2v) is 20.7. The molecule has 3 unspecified atom stereocenters. The average molecular weight is 860 g/mol. The number of nitrogens with zero attached hydrogens (tertiary/aromatic N) is 2. The van der Waals surface area contributed by atoms with Gasteiger partial charge in [0, 0.05) is 29.5 Å². The third-order valence-corrected chi connectivity index (χ3v) is 15.9. The number of benzene rings is 4. The first kappa shape index (κ1) is 44.5. The van der Waals surface area contributed by atoms with E-state index in [0.717, 1.165) is 12.8 Å². The van der Waals surface area contributed by atoms with Gasteiger partial charge in [0.1, 0.15) is 4.70 Å². The Labute approximate surface area is 383 Å². The van der Waals surface area contributed by atoms with Crippen LogP contribution in [0.15, 0.2) is 142 Å². The Kier molecular flexibility index (Phi) is 15.8. The quantitative estimate of drug-likeness (QED) is 0.0569. The van der Waals surface area contributed by atoms with Crippen LogP contribution in [0.2, 0.25) is 0 Å². The predicted molar refractivity (Wildman–Crippen MR) is 272 cm³/mol. The number of rotatable bonds is 20. The smallest absolute Gasteiger partial charge is 0.263 e. The van der Waals surface area contributed by atoms with Crippen LogP contribution in [0.4, 0.5) is 5.69 Å². The van der Waals surface area contributed by atoms with Gasteiger partial charge in [-0.1, -0.05) is 186 Å². The molecule has 1 aromatic heterocycles. The molecule has 0 saturated carbocycles. The van der Waals surface area contributed by atoms with Crippen molar-refractivity contribution in [2.24, 2.45) is 5.92 Å². The Bertz CT molecular complexity index is 2360. The molecule has 5 aromatic rings. The molecule has 0 bridgehead atoms. The molecule has 0 saturated heterocycles. The number of hydrogen-bond acceptors (Lipinski definition) is 3. The standard InChI is InChI=1S/C58H71N2S2/c1-5-7-9-11-13-17-23-43(3)59-53-35-33-50(47-25-19-15-20-26-47)41-55(53)61-57(59)39-45-29-31-49-32-30-46(38-52(49)37-45)40-58-60(44(4)24-18-14-12-10-8-6-2)54-36-34-51(42-56(54)62-58)48-27-21-16-22-28-48/h15-16,19-22,25-28,33-44,49H,5-14,17-18,23-24,29-32H2,1-4H3/q+1. The molecule has 324 valence electrons. The summed E-state index contributed by atoms with van der Waals surface area (Å²) in [5.41, 5.74) is 12.5. The topological polar surface area (TPSA) is 7.12 Å². The number of aromatic nitrogens is 1. The van der Waals surface area contributed by atoms with Crippen LogP contribution in [0.3, 0.4) is 0 Å². The Morgan fingerprint density at radius 3 is 1.98 bits per heavy atom. The summed E-state index contributed by atoms with van der Waals surface area (Å²) in [4.78, 5) is 4.08. The minimum absolute atomic E-state index is 0.462. The third kappa shape index (κ3) is 11.0. The lowest BCUT2D eigenvalue weighted by Crippen LogP contribution is -2.39. The highest BCUT2D eigenvalue weighted by Gasteiger charge is 2.31. The van der Waals surface area contributed by atoms with Gasteiger partial charge in [0.05, 0.1) is 10.7 Å². The molecule has 3 atom stereocenters. The van der Waals surface area contributed by atoms with Crippen molar-refractivity contribution in [1.29, 1.82) is 0 Å². The van der Waals surface area contributed by atoms with Crippen molar-refractivity contribution in [3.8, 4) is 22.3 Å². The van der Waals surface area contributed by atoms with Crippen LogP contribution in [-0.2, 0) is 0 Å². The van der Waals surface area contributed by atoms with Gasteiger partial charge >= 0.3 is 0 Å². The van der Waals surface area contributed by atoms with E-state index < -0.39 is 0 Å². The second-order valence-electron chi connectivity index (χ2n) is 18.5. The summed E-state index contributed by atoms with van der Waals surface area (Å²) in [6.45, 7) is 9.55. The normalized spacial score (nSPS) is 18.5. The largest absolute Gasteiger partial charge is 0.332 e. The molecule has 2 nitrogen and oxygen atoms in total. The highest BCUT2D eigenvalue weighted by Crippen LogP contribution is 2.50. The van der Waals surface area contributed by atoms with E-state index in [2.05, 4.69) is 159 Å². The van der Waals surface area contributed by atoms with Gasteiger partial charge < -0.3 is 4.90 Å². The van der Waals surface area contributed by atoms with Gasteiger partial charge in [0.25, 0.3) is 5.01 Å². The van der Waals surface area contributed by atoms with E-state index in [1.165, 1.54) is 167 Å². The maximum atomic E-state index is 2.68. The van der Waals surface area contributed by atoms with E-state index in [1.54, 1.807) is 5.57 Å². The third-order valence-electron chi connectivity index (χ3n) is 13.7. The van der Waals surface area contributed by atoms with E-state index in [9.17, 15) is 0 Å². The van der Waals surface area contributed by atoms with E-state index in [1.807, 2.05) is 23.1 Å². The van der Waals surface area contributed by atoms with Gasteiger partial charge in [0.2, 0.25) is 5.52 Å². The predicted octanol–water partition coefficient (Wildman–Crippen LogP) is 17.9. The first-order valence-corrected chi connectivity index (χ1v) is 26.2. The van der Waals surface area contributed by atoms with Crippen molar-refractivity contribution in [2.45, 2.75) is 160 Å². The molecular weight excluding hydrogens is 789 g/mol. The highest BCUT2D eigenvalue weighted by molar-refractivity contribution is 8.03. The van der Waals surface area contributed by atoms with Crippen LogP contribution in [0, 0.1) is 5.92 Å². The maximum Gasteiger partial charge on any atom is 0.263 e. The molecule has 0 radical (unpaired) electrons. The number of hydrogen-bond donors (Lipinski definition) is 0. The minimum atomic E-state index is 0.462. The molecule has 0 spiro atoms. The summed E-state index contributed by atoms with van der Waals surface area (Å²) in [5, 5.41) is 2.81. The molecule has 1 aliphatic heterocycles. The van der Waals surface area contributed by atoms with Crippen molar-refractivity contribution >= 4 is 45.1 Å². The van der Waals surface area contributed by atoms with Crippen molar-refractivity contribution < 1.29 is 4.57 Å². The number of thioether (sulfide) groups is 1. The number of unbranched alkanes of at least 4 members (excludes halogenated alkanes) is 10. The van der Waals surface area contributed by atoms with Crippen molar-refractivity contribution in [1.82, 2.24) is 0 Å². The summed E-state index contributed by atoms with van der Waals surface area (Å²) >= 11 is 3.97. The zero-order chi connectivity index (χ0) is 42.7. The summed E-state index contributed by atoms with van der Waals surface area (Å²) in [6, 6.07) is 37.0. The van der Waals surface area contributed by atoms with Gasteiger partial charge in [-0.2, -0.15) is 4.57 Å². The van der Waals surface area contributed by atoms with E-state index >= 15 is 0 Å². The van der Waals surface area contributed by atoms with Crippen molar-refractivity contribution in [3.05, 3.63) is 142 Å². The number of allylic oxidation sites excluding steroid dienone is 6. The van der Waals surface area contributed by atoms with Gasteiger partial charge in [-0.15, -0.1) is 0 Å². The van der Waals surface area contributed by atoms with Crippen LogP contribution >= 0.6 is 23.1 Å². The monoisotopic (exact) mass is 860 g/mol. The fourth-order valence-electron chi connectivity index (χ4n) is 10.1. The summed E-state index contributed by atoms with van der Waals surface area (Å²) in [5.74, 6) is 0.661. The van der Waals surface area contributed by atoms with Crippen molar-refractivity contribution in [2.75, 3.05) is 4.90 Å². The van der Waals surface area contributed by atoms with Gasteiger partial charge in [-0.05, 0) is 128 Å². The lowest BCUT2D eigenvalue weighted by atomic mass is 9.77. The molecule has 0 amide bonds. The fraction of sp³-hybridized carbons (Fsp3) is 0.431. The molecule has 0 N–H and O–H groups in total. The molecular formula is C58H71N2S2+. The van der Waals surface area contributed by atoms with Crippen LogP contribution in [-0.4, -0.2) is 6.04 Å². The molecule has 2 heterocycles. The summed E-state index contributed by atoms with van der Waals surface area (Å²) in [6.07, 6.45) is 33.7. The fourth-order valence-corrected chi connectivity index (χ4v) is 12.7. The van der Waals surface area contributed by atoms with E-state index in [0.29, 0.717) is 18.0 Å². The molecule has 4 aromatic carbocycles. The SMILES string of the molecule is CCCCCCCCC(C)N1/C(=C/C2=CC3=C/C(=C/c4sc5cc(-c6ccccc6)ccc5[n+]4C(C)CCCCCCCC)CCC3CC2)Sc2cc(-c3ccccc3)ccc21. The maximum absolute atomic E-state index is 2.68. The first-order valence-electron chi connectivity index (χ1n) is 24.5. The van der Waals surface area contributed by atoms with Crippen molar-refractivity contribution in [3.63, 3.8) is 0 Å². The first-order chi connectivity index (χ1) is 30.5. The summed E-state index contributed by atoms with van der Waals surface area (Å²) in [7, 11) is 0. The van der Waals surface area contributed by atoms with Gasteiger partial charge in [-0.3, -0.25) is 0 Å². The Morgan fingerprint density at radius 2 is 1.27 bits per heavy atom. The zero-order valence-electron chi connectivity index (χ0n) is 38.2. The average Bonchev–Trinajstić information content (AvgIpc) is 3.85. The van der Waals surface area contributed by atoms with Crippen LogP contribution in [0.1, 0.15) is 154 Å². The number of thiazole rings is 1. The molecule has 4 heteroatoms. The molecule has 8 rings (SSSR count). The van der Waals surface area contributed by atoms with Gasteiger partial charge in [-0.25, -0.2) is 0 Å². The Hall–Kier alpha value is -4.12. The van der Waals surface area contributed by atoms with Crippen LogP contribution in [0.25, 0.3) is 38.5 Å². The minimum Gasteiger partial charge on any atom is -0.332 e. The lowest BCUT2D eigenvalue weighted by Gasteiger charge is -2.30. The second kappa shape index (κ2) is 22.0. The zero-order valence-corrected chi connectivity index (χ0v) is 39.9. The molecule has 0 fully saturated rings. The Balaban J connectivity index is 1.07.